The van der Waals surface area contributed by atoms with Gasteiger partial charge in [0.2, 0.25) is 0 Å². The Bertz CT molecular complexity index is 586. The van der Waals surface area contributed by atoms with Crippen molar-refractivity contribution in [3.8, 4) is 0 Å². The van der Waals surface area contributed by atoms with Crippen LogP contribution in [0.3, 0.4) is 0 Å². The monoisotopic (exact) mass is 523 g/mol. The fourth-order valence-electron chi connectivity index (χ4n) is 3.82. The second kappa shape index (κ2) is 27.2. The maximum atomic E-state index is 11.9. The first kappa shape index (κ1) is 35.2. The van der Waals surface area contributed by atoms with E-state index in [-0.39, 0.29) is 25.1 Å². The minimum Gasteiger partial charge on any atom is -0.465 e. The summed E-state index contributed by atoms with van der Waals surface area (Å²) in [6.07, 6.45) is 23.5. The molecule has 0 aliphatic rings. The Labute approximate surface area is 228 Å². The van der Waals surface area contributed by atoms with Gasteiger partial charge in [-0.1, -0.05) is 84.1 Å². The van der Waals surface area contributed by atoms with E-state index in [1.54, 1.807) is 0 Å². The Morgan fingerprint density at radius 2 is 1.32 bits per heavy atom. The normalized spacial score (nSPS) is 12.5. The first-order valence-electron chi connectivity index (χ1n) is 15.0. The first-order chi connectivity index (χ1) is 18.0. The number of hydrogen-bond acceptors (Lipinski definition) is 6. The summed E-state index contributed by atoms with van der Waals surface area (Å²) in [4.78, 5) is 26.0. The number of allylic oxidation sites excluding steroid dienone is 4. The van der Waals surface area contributed by atoms with E-state index in [2.05, 4.69) is 50.0 Å². The Kier molecular flexibility index (Phi) is 25.9. The summed E-state index contributed by atoms with van der Waals surface area (Å²) in [6.45, 7) is 12.3. The zero-order valence-corrected chi connectivity index (χ0v) is 24.5. The molecule has 37 heavy (non-hydrogen) atoms. The van der Waals surface area contributed by atoms with Crippen LogP contribution in [0.25, 0.3) is 0 Å². The Morgan fingerprint density at radius 1 is 0.703 bits per heavy atom. The lowest BCUT2D eigenvalue weighted by Gasteiger charge is -2.17. The lowest BCUT2D eigenvalue weighted by Crippen LogP contribution is -2.24. The summed E-state index contributed by atoms with van der Waals surface area (Å²) in [5.41, 5.74) is 0. The molecular formula is C31H57NO5. The van der Waals surface area contributed by atoms with Crippen LogP contribution >= 0.6 is 0 Å². The van der Waals surface area contributed by atoms with Crippen LogP contribution in [0.15, 0.2) is 24.3 Å². The average molecular weight is 524 g/mol. The largest absolute Gasteiger partial charge is 0.508 e. The number of esters is 1. The number of ether oxygens (including phenoxy) is 3. The van der Waals surface area contributed by atoms with Crippen LogP contribution in [-0.4, -0.2) is 56.5 Å². The number of hydrogen-bond donors (Lipinski definition) is 0. The van der Waals surface area contributed by atoms with Gasteiger partial charge in [-0.25, -0.2) is 4.79 Å². The van der Waals surface area contributed by atoms with Crippen LogP contribution in [0.5, 0.6) is 0 Å². The van der Waals surface area contributed by atoms with Crippen molar-refractivity contribution in [2.45, 2.75) is 118 Å². The summed E-state index contributed by atoms with van der Waals surface area (Å²) >= 11 is 0. The standard InChI is InChI=1S/C31H57NO5/c1-5-8-9-10-11-12-13-14-15-16-17-18-19-20-21-24-30(33)36-27-29(4)28-37-31(34)35-26-23-22-25-32(6-2)7-3/h11-12,14-15,29H,5-10,13,16-28H2,1-4H3/b12-11-,15-14-. The van der Waals surface area contributed by atoms with E-state index in [9.17, 15) is 9.59 Å². The highest BCUT2D eigenvalue weighted by atomic mass is 16.7. The number of unbranched alkanes of at least 4 members (excludes halogenated alkanes) is 9. The quantitative estimate of drug-likeness (QED) is 0.0682. The molecule has 6 nitrogen and oxygen atoms in total. The summed E-state index contributed by atoms with van der Waals surface area (Å²) < 4.78 is 15.6. The van der Waals surface area contributed by atoms with Crippen LogP contribution in [0.4, 0.5) is 4.79 Å². The van der Waals surface area contributed by atoms with Gasteiger partial charge < -0.3 is 19.1 Å². The molecule has 0 heterocycles. The summed E-state index contributed by atoms with van der Waals surface area (Å²) in [7, 11) is 0. The molecule has 1 unspecified atom stereocenters. The Morgan fingerprint density at radius 3 is 2.00 bits per heavy atom. The van der Waals surface area contributed by atoms with E-state index in [4.69, 9.17) is 14.2 Å². The molecule has 1 atom stereocenters. The van der Waals surface area contributed by atoms with Crippen LogP contribution in [0, 0.1) is 5.92 Å². The maximum absolute atomic E-state index is 11.9. The molecule has 0 amide bonds. The van der Waals surface area contributed by atoms with Crippen molar-refractivity contribution in [2.75, 3.05) is 39.5 Å². The van der Waals surface area contributed by atoms with E-state index < -0.39 is 6.16 Å². The fourth-order valence-corrected chi connectivity index (χ4v) is 3.82. The molecule has 0 saturated carbocycles. The molecule has 0 spiro atoms. The average Bonchev–Trinajstić information content (AvgIpc) is 2.90. The topological polar surface area (TPSA) is 65.1 Å². The molecule has 0 aliphatic heterocycles. The first-order valence-corrected chi connectivity index (χ1v) is 15.0. The van der Waals surface area contributed by atoms with Gasteiger partial charge in [0.05, 0.1) is 13.2 Å². The molecule has 0 bridgehead atoms. The van der Waals surface area contributed by atoms with Crippen molar-refractivity contribution in [1.29, 1.82) is 0 Å². The molecule has 0 fully saturated rings. The van der Waals surface area contributed by atoms with Gasteiger partial charge in [0.25, 0.3) is 0 Å². The van der Waals surface area contributed by atoms with Gasteiger partial charge in [0.1, 0.15) is 6.61 Å². The third-order valence-electron chi connectivity index (χ3n) is 6.33. The highest BCUT2D eigenvalue weighted by Crippen LogP contribution is 2.09. The van der Waals surface area contributed by atoms with Crippen LogP contribution < -0.4 is 0 Å². The smallest absolute Gasteiger partial charge is 0.465 e. The van der Waals surface area contributed by atoms with E-state index in [0.29, 0.717) is 13.0 Å². The number of carbonyl (C=O) groups excluding carboxylic acids is 2. The molecule has 0 radical (unpaired) electrons. The second-order valence-electron chi connectivity index (χ2n) is 9.91. The Balaban J connectivity index is 3.54. The molecule has 0 aromatic heterocycles. The Hall–Kier alpha value is -1.82. The zero-order valence-electron chi connectivity index (χ0n) is 24.5. The van der Waals surface area contributed by atoms with E-state index in [0.717, 1.165) is 64.6 Å². The molecule has 0 aromatic carbocycles. The number of rotatable bonds is 25. The highest BCUT2D eigenvalue weighted by molar-refractivity contribution is 5.69. The molecule has 0 saturated heterocycles. The van der Waals surface area contributed by atoms with Crippen molar-refractivity contribution in [1.82, 2.24) is 4.90 Å². The van der Waals surface area contributed by atoms with Gasteiger partial charge in [-0.15, -0.1) is 0 Å². The fraction of sp³-hybridized carbons (Fsp3) is 0.806. The number of carbonyl (C=O) groups is 2. The predicted molar refractivity (Wildman–Crippen MR) is 154 cm³/mol. The molecule has 6 heteroatoms. The molecule has 0 rings (SSSR count). The van der Waals surface area contributed by atoms with Gasteiger partial charge in [-0.2, -0.15) is 0 Å². The molecular weight excluding hydrogens is 466 g/mol. The lowest BCUT2D eigenvalue weighted by molar-refractivity contribution is -0.145. The van der Waals surface area contributed by atoms with Gasteiger partial charge in [0.15, 0.2) is 0 Å². The van der Waals surface area contributed by atoms with E-state index in [1.807, 2.05) is 6.92 Å². The van der Waals surface area contributed by atoms with Gasteiger partial charge >= 0.3 is 12.1 Å². The lowest BCUT2D eigenvalue weighted by atomic mass is 10.1. The third kappa shape index (κ3) is 25.6. The third-order valence-corrected chi connectivity index (χ3v) is 6.33. The van der Waals surface area contributed by atoms with Crippen molar-refractivity contribution in [3.05, 3.63) is 24.3 Å². The molecule has 0 N–H and O–H groups in total. The maximum Gasteiger partial charge on any atom is 0.508 e. The van der Waals surface area contributed by atoms with E-state index >= 15 is 0 Å². The molecule has 0 aromatic rings. The predicted octanol–water partition coefficient (Wildman–Crippen LogP) is 8.25. The van der Waals surface area contributed by atoms with Crippen molar-refractivity contribution < 1.29 is 23.8 Å². The van der Waals surface area contributed by atoms with Crippen LogP contribution in [0.2, 0.25) is 0 Å². The van der Waals surface area contributed by atoms with Crippen LogP contribution in [0.1, 0.15) is 118 Å². The minimum atomic E-state index is -0.647. The molecule has 0 aliphatic carbocycles. The van der Waals surface area contributed by atoms with Crippen molar-refractivity contribution >= 4 is 12.1 Å². The van der Waals surface area contributed by atoms with Gasteiger partial charge in [0, 0.05) is 12.3 Å². The zero-order chi connectivity index (χ0) is 27.4. The summed E-state index contributed by atoms with van der Waals surface area (Å²) in [6, 6.07) is 0. The number of nitrogens with zero attached hydrogens (tertiary/aromatic N) is 1. The van der Waals surface area contributed by atoms with Crippen molar-refractivity contribution in [2.24, 2.45) is 5.92 Å². The second-order valence-corrected chi connectivity index (χ2v) is 9.91. The van der Waals surface area contributed by atoms with Crippen molar-refractivity contribution in [3.63, 3.8) is 0 Å². The van der Waals surface area contributed by atoms with Gasteiger partial charge in [-0.3, -0.25) is 4.79 Å². The highest BCUT2D eigenvalue weighted by Gasteiger charge is 2.11. The van der Waals surface area contributed by atoms with E-state index in [1.165, 1.54) is 38.5 Å². The summed E-state index contributed by atoms with van der Waals surface area (Å²) in [5.74, 6) is -0.225. The SMILES string of the molecule is CCCCC/C=C\C/C=C\CCCCCCCC(=O)OCC(C)COC(=O)OCCCCN(CC)CC. The van der Waals surface area contributed by atoms with Crippen LogP contribution in [-0.2, 0) is 19.0 Å². The van der Waals surface area contributed by atoms with Gasteiger partial charge in [-0.05, 0) is 71.0 Å². The summed E-state index contributed by atoms with van der Waals surface area (Å²) in [5, 5.41) is 0. The minimum absolute atomic E-state index is 0.0521. The molecule has 216 valence electrons.